The fourth-order valence-electron chi connectivity index (χ4n) is 4.97. The smallest absolute Gasteiger partial charge is 0.265 e. The number of amides is 2. The van der Waals surface area contributed by atoms with Crippen molar-refractivity contribution in [2.24, 2.45) is 0 Å². The summed E-state index contributed by atoms with van der Waals surface area (Å²) in [7, 11) is 3.24. The zero-order chi connectivity index (χ0) is 27.2. The molecular weight excluding hydrogens is 496 g/mol. The van der Waals surface area contributed by atoms with Crippen molar-refractivity contribution in [3.05, 3.63) is 82.9 Å². The van der Waals surface area contributed by atoms with Gasteiger partial charge in [-0.3, -0.25) is 14.5 Å². The Labute approximate surface area is 229 Å². The molecule has 1 saturated heterocycles. The maximum absolute atomic E-state index is 13.6. The maximum atomic E-state index is 13.6. The van der Waals surface area contributed by atoms with Crippen molar-refractivity contribution >= 4 is 11.8 Å². The SMILES string of the molecule is COc1ccc(COc2ccc3c(c2OCc2ccc(OC)cc2)C(=O)N(CCN2CCCCC2)C3=O)cc1. The average Bonchev–Trinajstić information content (AvgIpc) is 3.23. The largest absolute Gasteiger partial charge is 0.497 e. The van der Waals surface area contributed by atoms with Crippen molar-refractivity contribution in [3.63, 3.8) is 0 Å². The number of imide groups is 1. The van der Waals surface area contributed by atoms with Crippen LogP contribution in [0.2, 0.25) is 0 Å². The van der Waals surface area contributed by atoms with Crippen LogP contribution in [0.5, 0.6) is 23.0 Å². The molecule has 0 spiro atoms. The number of fused-ring (bicyclic) bond motifs is 1. The van der Waals surface area contributed by atoms with Crippen LogP contribution < -0.4 is 18.9 Å². The second kappa shape index (κ2) is 12.2. The van der Waals surface area contributed by atoms with Crippen LogP contribution in [-0.4, -0.2) is 62.0 Å². The van der Waals surface area contributed by atoms with E-state index in [2.05, 4.69) is 4.90 Å². The fraction of sp³-hybridized carbons (Fsp3) is 0.355. The summed E-state index contributed by atoms with van der Waals surface area (Å²) >= 11 is 0. The lowest BCUT2D eigenvalue weighted by Crippen LogP contribution is -2.40. The van der Waals surface area contributed by atoms with Crippen LogP contribution in [0.15, 0.2) is 60.7 Å². The van der Waals surface area contributed by atoms with Gasteiger partial charge in [-0.1, -0.05) is 30.7 Å². The van der Waals surface area contributed by atoms with Gasteiger partial charge in [-0.25, -0.2) is 0 Å². The molecule has 204 valence electrons. The fourth-order valence-corrected chi connectivity index (χ4v) is 4.97. The Kier molecular flexibility index (Phi) is 8.32. The highest BCUT2D eigenvalue weighted by molar-refractivity contribution is 6.23. The van der Waals surface area contributed by atoms with Gasteiger partial charge in [0, 0.05) is 13.1 Å². The third-order valence-corrected chi connectivity index (χ3v) is 7.24. The van der Waals surface area contributed by atoms with Crippen molar-refractivity contribution in [2.75, 3.05) is 40.4 Å². The lowest BCUT2D eigenvalue weighted by atomic mass is 10.1. The number of hydrogen-bond donors (Lipinski definition) is 0. The minimum atomic E-state index is -0.341. The Morgan fingerprint density at radius 2 is 1.26 bits per heavy atom. The van der Waals surface area contributed by atoms with Gasteiger partial charge in [0.1, 0.15) is 24.7 Å². The zero-order valence-electron chi connectivity index (χ0n) is 22.5. The maximum Gasteiger partial charge on any atom is 0.265 e. The molecule has 1 fully saturated rings. The van der Waals surface area contributed by atoms with Gasteiger partial charge in [-0.15, -0.1) is 0 Å². The third-order valence-electron chi connectivity index (χ3n) is 7.24. The molecule has 2 aliphatic heterocycles. The van der Waals surface area contributed by atoms with Gasteiger partial charge in [-0.2, -0.15) is 0 Å². The Balaban J connectivity index is 1.38. The highest BCUT2D eigenvalue weighted by Gasteiger charge is 2.39. The zero-order valence-corrected chi connectivity index (χ0v) is 22.5. The van der Waals surface area contributed by atoms with Crippen LogP contribution in [0.1, 0.15) is 51.1 Å². The summed E-state index contributed by atoms with van der Waals surface area (Å²) in [5, 5.41) is 0. The normalized spacial score (nSPS) is 15.3. The molecule has 0 saturated carbocycles. The van der Waals surface area contributed by atoms with Gasteiger partial charge >= 0.3 is 0 Å². The first-order chi connectivity index (χ1) is 19.1. The van der Waals surface area contributed by atoms with E-state index in [0.717, 1.165) is 48.6 Å². The summed E-state index contributed by atoms with van der Waals surface area (Å²) < 4.78 is 22.9. The molecule has 5 rings (SSSR count). The van der Waals surface area contributed by atoms with E-state index in [-0.39, 0.29) is 36.3 Å². The number of nitrogens with zero attached hydrogens (tertiary/aromatic N) is 2. The highest BCUT2D eigenvalue weighted by atomic mass is 16.5. The number of piperidine rings is 1. The van der Waals surface area contributed by atoms with Gasteiger partial charge in [0.15, 0.2) is 11.5 Å². The molecular formula is C31H34N2O6. The Bertz CT molecular complexity index is 1300. The van der Waals surface area contributed by atoms with Crippen molar-refractivity contribution in [2.45, 2.75) is 32.5 Å². The van der Waals surface area contributed by atoms with E-state index < -0.39 is 0 Å². The number of likely N-dealkylation sites (tertiary alicyclic amines) is 1. The highest BCUT2D eigenvalue weighted by Crippen LogP contribution is 2.39. The van der Waals surface area contributed by atoms with E-state index in [1.807, 2.05) is 48.5 Å². The van der Waals surface area contributed by atoms with Crippen LogP contribution in [0.3, 0.4) is 0 Å². The molecule has 0 unspecified atom stereocenters. The molecule has 2 amide bonds. The molecule has 39 heavy (non-hydrogen) atoms. The minimum Gasteiger partial charge on any atom is -0.497 e. The first kappa shape index (κ1) is 26.6. The lowest BCUT2D eigenvalue weighted by Gasteiger charge is -2.27. The molecule has 0 bridgehead atoms. The number of benzene rings is 3. The molecule has 0 aromatic heterocycles. The third kappa shape index (κ3) is 6.01. The molecule has 0 atom stereocenters. The summed E-state index contributed by atoms with van der Waals surface area (Å²) in [4.78, 5) is 30.6. The van der Waals surface area contributed by atoms with Crippen LogP contribution in [-0.2, 0) is 13.2 Å². The molecule has 2 heterocycles. The topological polar surface area (TPSA) is 77.5 Å². The number of methoxy groups -OCH3 is 2. The minimum absolute atomic E-state index is 0.203. The Morgan fingerprint density at radius 1 is 0.667 bits per heavy atom. The summed E-state index contributed by atoms with van der Waals surface area (Å²) in [6.45, 7) is 3.50. The monoisotopic (exact) mass is 530 g/mol. The Hall–Kier alpha value is -4.04. The first-order valence-electron chi connectivity index (χ1n) is 13.3. The van der Waals surface area contributed by atoms with Crippen LogP contribution in [0.25, 0.3) is 0 Å². The van der Waals surface area contributed by atoms with Crippen molar-refractivity contribution in [1.29, 1.82) is 0 Å². The number of rotatable bonds is 11. The number of carbonyl (C=O) groups is 2. The molecule has 3 aromatic carbocycles. The van der Waals surface area contributed by atoms with Gasteiger partial charge < -0.3 is 23.8 Å². The summed E-state index contributed by atoms with van der Waals surface area (Å²) in [5.41, 5.74) is 2.44. The van der Waals surface area contributed by atoms with Crippen LogP contribution in [0, 0.1) is 0 Å². The predicted molar refractivity (Wildman–Crippen MR) is 147 cm³/mol. The van der Waals surface area contributed by atoms with E-state index >= 15 is 0 Å². The van der Waals surface area contributed by atoms with Gasteiger partial charge in [0.05, 0.1) is 25.3 Å². The number of ether oxygens (including phenoxy) is 4. The van der Waals surface area contributed by atoms with Crippen molar-refractivity contribution in [1.82, 2.24) is 9.80 Å². The molecule has 3 aromatic rings. The number of hydrogen-bond acceptors (Lipinski definition) is 7. The summed E-state index contributed by atoms with van der Waals surface area (Å²) in [6.07, 6.45) is 3.54. The van der Waals surface area contributed by atoms with E-state index in [1.165, 1.54) is 11.3 Å². The molecule has 2 aliphatic rings. The molecule has 0 N–H and O–H groups in total. The Morgan fingerprint density at radius 3 is 1.85 bits per heavy atom. The standard InChI is InChI=1S/C31H34N2O6/c1-36-24-10-6-22(7-11-24)20-38-27-15-14-26-28(29(27)39-21-23-8-12-25(37-2)13-9-23)31(35)33(30(26)34)19-18-32-16-4-3-5-17-32/h6-15H,3-5,16-21H2,1-2H3. The van der Waals surface area contributed by atoms with E-state index in [9.17, 15) is 9.59 Å². The average molecular weight is 531 g/mol. The quantitative estimate of drug-likeness (QED) is 0.325. The van der Waals surface area contributed by atoms with Crippen molar-refractivity contribution in [3.8, 4) is 23.0 Å². The first-order valence-corrected chi connectivity index (χ1v) is 13.3. The van der Waals surface area contributed by atoms with Gasteiger partial charge in [-0.05, 0) is 73.5 Å². The molecule has 8 nitrogen and oxygen atoms in total. The second-order valence-electron chi connectivity index (χ2n) is 9.75. The van der Waals surface area contributed by atoms with E-state index in [0.29, 0.717) is 24.4 Å². The predicted octanol–water partition coefficient (Wildman–Crippen LogP) is 4.94. The van der Waals surface area contributed by atoms with Crippen LogP contribution >= 0.6 is 0 Å². The van der Waals surface area contributed by atoms with E-state index in [1.54, 1.807) is 26.4 Å². The number of carbonyl (C=O) groups excluding carboxylic acids is 2. The van der Waals surface area contributed by atoms with Crippen molar-refractivity contribution < 1.29 is 28.5 Å². The van der Waals surface area contributed by atoms with Gasteiger partial charge in [0.2, 0.25) is 0 Å². The second-order valence-corrected chi connectivity index (χ2v) is 9.75. The molecule has 8 heteroatoms. The molecule has 0 aliphatic carbocycles. The van der Waals surface area contributed by atoms with E-state index in [4.69, 9.17) is 18.9 Å². The molecule has 0 radical (unpaired) electrons. The van der Waals surface area contributed by atoms with Crippen LogP contribution in [0.4, 0.5) is 0 Å². The summed E-state index contributed by atoms with van der Waals surface area (Å²) in [6, 6.07) is 18.5. The van der Waals surface area contributed by atoms with Gasteiger partial charge in [0.25, 0.3) is 11.8 Å². The summed E-state index contributed by atoms with van der Waals surface area (Å²) in [5.74, 6) is 1.57. The lowest BCUT2D eigenvalue weighted by molar-refractivity contribution is 0.0630.